The molecular formula is C3H8ClOSi. The van der Waals surface area contributed by atoms with Gasteiger partial charge >= 0.3 is 0 Å². The normalized spacial score (nSPS) is 9.00. The predicted molar refractivity (Wildman–Crippen MR) is 29.7 cm³/mol. The maximum absolute atomic E-state index is 5.34. The van der Waals surface area contributed by atoms with Crippen LogP contribution >= 0.6 is 11.6 Å². The fourth-order valence-electron chi connectivity index (χ4n) is 0.162. The molecule has 0 N–H and O–H groups in total. The molecule has 6 heavy (non-hydrogen) atoms. The second kappa shape index (κ2) is 5.47. The van der Waals surface area contributed by atoms with Gasteiger partial charge in [-0.1, -0.05) is 0 Å². The van der Waals surface area contributed by atoms with Crippen LogP contribution in [0.2, 0.25) is 0 Å². The lowest BCUT2D eigenvalue weighted by Gasteiger charge is -1.87. The Hall–Kier alpha value is 0.467. The van der Waals surface area contributed by atoms with Gasteiger partial charge in [0.2, 0.25) is 0 Å². The van der Waals surface area contributed by atoms with Crippen molar-refractivity contribution in [3.63, 3.8) is 0 Å². The first kappa shape index (κ1) is 6.47. The van der Waals surface area contributed by atoms with Crippen LogP contribution in [-0.4, -0.2) is 28.4 Å². The molecule has 0 atom stereocenters. The lowest BCUT2D eigenvalue weighted by Crippen LogP contribution is -2.01. The Balaban J connectivity index is 2.34. The SMILES string of the molecule is COC[SiH]CCl. The summed E-state index contributed by atoms with van der Waals surface area (Å²) in [7, 11) is 2.06. The third-order valence-corrected chi connectivity index (χ3v) is 1.84. The van der Waals surface area contributed by atoms with Gasteiger partial charge in [-0.15, -0.1) is 11.6 Å². The van der Waals surface area contributed by atoms with Gasteiger partial charge < -0.3 is 4.74 Å². The highest BCUT2D eigenvalue weighted by Gasteiger charge is 1.78. The zero-order chi connectivity index (χ0) is 4.83. The Morgan fingerprint density at radius 1 is 1.83 bits per heavy atom. The van der Waals surface area contributed by atoms with Gasteiger partial charge in [-0.05, 0) is 0 Å². The van der Waals surface area contributed by atoms with Crippen LogP contribution in [0.3, 0.4) is 0 Å². The third kappa shape index (κ3) is 4.47. The van der Waals surface area contributed by atoms with Crippen molar-refractivity contribution in [3.8, 4) is 0 Å². The summed E-state index contributed by atoms with van der Waals surface area (Å²) < 4.78 is 4.73. The van der Waals surface area contributed by atoms with Crippen molar-refractivity contribution in [1.29, 1.82) is 0 Å². The Labute approximate surface area is 45.5 Å². The molecule has 0 bridgehead atoms. The monoisotopic (exact) mass is 123 g/mol. The van der Waals surface area contributed by atoms with Crippen LogP contribution in [0.25, 0.3) is 0 Å². The molecule has 0 amide bonds. The van der Waals surface area contributed by atoms with Crippen molar-refractivity contribution < 1.29 is 4.74 Å². The number of alkyl halides is 1. The summed E-state index contributed by atoms with van der Waals surface area (Å²) in [5.41, 5.74) is 0.786. The van der Waals surface area contributed by atoms with Gasteiger partial charge in [-0.2, -0.15) is 0 Å². The first-order chi connectivity index (χ1) is 2.91. The number of hydrogen-bond acceptors (Lipinski definition) is 1. The van der Waals surface area contributed by atoms with E-state index in [1.807, 2.05) is 0 Å². The van der Waals surface area contributed by atoms with Crippen molar-refractivity contribution in [2.45, 2.75) is 0 Å². The molecule has 0 fully saturated rings. The first-order valence-corrected chi connectivity index (χ1v) is 3.95. The third-order valence-electron chi connectivity index (χ3n) is 0.394. The number of halogens is 1. The molecule has 1 radical (unpaired) electrons. The molecule has 37 valence electrons. The molecular weight excluding hydrogens is 116 g/mol. The standard InChI is InChI=1S/C3H8ClOSi/c1-5-3-6-2-4/h6H,2-3H2,1H3. The lowest BCUT2D eigenvalue weighted by atomic mass is 11.5. The van der Waals surface area contributed by atoms with E-state index < -0.39 is 0 Å². The van der Waals surface area contributed by atoms with Gasteiger partial charge in [0.25, 0.3) is 0 Å². The maximum atomic E-state index is 5.34. The molecule has 0 saturated carbocycles. The van der Waals surface area contributed by atoms with Crippen molar-refractivity contribution in [2.75, 3.05) is 18.8 Å². The highest BCUT2D eigenvalue weighted by Crippen LogP contribution is 1.69. The van der Waals surface area contributed by atoms with Gasteiger partial charge in [0.15, 0.2) is 0 Å². The summed E-state index contributed by atoms with van der Waals surface area (Å²) >= 11 is 5.34. The summed E-state index contributed by atoms with van der Waals surface area (Å²) in [5, 5.41) is 0. The highest BCUT2D eigenvalue weighted by molar-refractivity contribution is 6.50. The number of rotatable bonds is 3. The minimum atomic E-state index is 0.361. The van der Waals surface area contributed by atoms with E-state index in [1.165, 1.54) is 0 Å². The Morgan fingerprint density at radius 2 is 2.50 bits per heavy atom. The van der Waals surface area contributed by atoms with E-state index in [1.54, 1.807) is 7.11 Å². The Morgan fingerprint density at radius 3 is 2.67 bits per heavy atom. The average Bonchev–Trinajstić information content (AvgIpc) is 1.61. The number of methoxy groups -OCH3 is 1. The molecule has 0 spiro atoms. The zero-order valence-corrected chi connectivity index (χ0v) is 5.69. The van der Waals surface area contributed by atoms with Crippen LogP contribution < -0.4 is 0 Å². The fraction of sp³-hybridized carbons (Fsp3) is 1.00. The van der Waals surface area contributed by atoms with Gasteiger partial charge in [0.1, 0.15) is 0 Å². The summed E-state index contributed by atoms with van der Waals surface area (Å²) in [6.07, 6.45) is 0.865. The van der Waals surface area contributed by atoms with Crippen LogP contribution in [-0.2, 0) is 4.74 Å². The van der Waals surface area contributed by atoms with E-state index in [0.29, 0.717) is 9.52 Å². The smallest absolute Gasteiger partial charge is 0.0796 e. The molecule has 0 rings (SSSR count). The quantitative estimate of drug-likeness (QED) is 0.297. The summed E-state index contributed by atoms with van der Waals surface area (Å²) in [4.78, 5) is 0. The summed E-state index contributed by atoms with van der Waals surface area (Å²) in [6.45, 7) is 0. The average molecular weight is 124 g/mol. The highest BCUT2D eigenvalue weighted by atomic mass is 35.5. The minimum Gasteiger partial charge on any atom is -0.389 e. The van der Waals surface area contributed by atoms with E-state index in [-0.39, 0.29) is 0 Å². The van der Waals surface area contributed by atoms with Crippen LogP contribution in [0, 0.1) is 0 Å². The molecule has 0 heterocycles. The lowest BCUT2D eigenvalue weighted by molar-refractivity contribution is 0.252. The molecule has 0 aromatic carbocycles. The molecule has 0 aromatic heterocycles. The van der Waals surface area contributed by atoms with Crippen molar-refractivity contribution in [1.82, 2.24) is 0 Å². The topological polar surface area (TPSA) is 9.23 Å². The maximum Gasteiger partial charge on any atom is 0.0796 e. The molecule has 0 aliphatic carbocycles. The Bertz CT molecular complexity index is 22.8. The zero-order valence-electron chi connectivity index (χ0n) is 3.78. The predicted octanol–water partition coefficient (Wildman–Crippen LogP) is 0.223. The van der Waals surface area contributed by atoms with Crippen LogP contribution in [0.5, 0.6) is 0 Å². The van der Waals surface area contributed by atoms with Crippen molar-refractivity contribution in [3.05, 3.63) is 0 Å². The second-order valence-corrected chi connectivity index (χ2v) is 3.04. The number of hydrogen-bond donors (Lipinski definition) is 0. The van der Waals surface area contributed by atoms with Crippen molar-refractivity contribution in [2.24, 2.45) is 0 Å². The molecule has 0 unspecified atom stereocenters. The van der Waals surface area contributed by atoms with E-state index in [4.69, 9.17) is 16.3 Å². The minimum absolute atomic E-state index is 0.361. The van der Waals surface area contributed by atoms with Crippen LogP contribution in [0.4, 0.5) is 0 Å². The first-order valence-electron chi connectivity index (χ1n) is 1.78. The van der Waals surface area contributed by atoms with E-state index in [2.05, 4.69) is 0 Å². The van der Waals surface area contributed by atoms with E-state index in [9.17, 15) is 0 Å². The summed E-state index contributed by atoms with van der Waals surface area (Å²) in [5.74, 6) is 0. The van der Waals surface area contributed by atoms with Crippen molar-refractivity contribution >= 4 is 21.1 Å². The molecule has 0 saturated heterocycles. The van der Waals surface area contributed by atoms with Gasteiger partial charge in [-0.3, -0.25) is 0 Å². The largest absolute Gasteiger partial charge is 0.389 e. The van der Waals surface area contributed by atoms with E-state index >= 15 is 0 Å². The summed E-state index contributed by atoms with van der Waals surface area (Å²) in [6, 6.07) is 0. The van der Waals surface area contributed by atoms with Crippen LogP contribution in [0.15, 0.2) is 0 Å². The molecule has 0 aromatic rings. The van der Waals surface area contributed by atoms with Gasteiger partial charge in [0, 0.05) is 18.8 Å². The van der Waals surface area contributed by atoms with Gasteiger partial charge in [0.05, 0.1) is 9.52 Å². The van der Waals surface area contributed by atoms with Crippen LogP contribution in [0.1, 0.15) is 0 Å². The second-order valence-electron chi connectivity index (χ2n) is 0.898. The molecule has 0 aliphatic heterocycles. The number of ether oxygens (including phenoxy) is 1. The Kier molecular flexibility index (Phi) is 5.89. The van der Waals surface area contributed by atoms with E-state index in [0.717, 1.165) is 11.7 Å². The molecule has 1 nitrogen and oxygen atoms in total. The fourth-order valence-corrected chi connectivity index (χ4v) is 0.754. The molecule has 0 aliphatic rings. The molecule has 3 heteroatoms. The van der Waals surface area contributed by atoms with Gasteiger partial charge in [-0.25, -0.2) is 0 Å².